The van der Waals surface area contributed by atoms with Gasteiger partial charge in [-0.25, -0.2) is 9.59 Å². The summed E-state index contributed by atoms with van der Waals surface area (Å²) < 4.78 is 50.4. The van der Waals surface area contributed by atoms with Crippen LogP contribution in [-0.2, 0) is 22.2 Å². The highest BCUT2D eigenvalue weighted by Gasteiger charge is 2.36. The minimum Gasteiger partial charge on any atom is -0.465 e. The third-order valence-electron chi connectivity index (χ3n) is 4.57. The monoisotopic (exact) mass is 416 g/mol. The molecule has 9 heteroatoms. The van der Waals surface area contributed by atoms with Gasteiger partial charge in [0.05, 0.1) is 18.2 Å². The molecule has 29 heavy (non-hydrogen) atoms. The molecule has 0 N–H and O–H groups in total. The third-order valence-corrected chi connectivity index (χ3v) is 4.57. The lowest BCUT2D eigenvalue weighted by Crippen LogP contribution is -2.54. The summed E-state index contributed by atoms with van der Waals surface area (Å²) in [6, 6.07) is 3.25. The van der Waals surface area contributed by atoms with Crippen molar-refractivity contribution in [2.45, 2.75) is 52.1 Å². The van der Waals surface area contributed by atoms with Crippen molar-refractivity contribution in [1.29, 1.82) is 0 Å². The summed E-state index contributed by atoms with van der Waals surface area (Å²) >= 11 is 0. The van der Waals surface area contributed by atoms with Crippen molar-refractivity contribution in [1.82, 2.24) is 9.80 Å². The maximum atomic E-state index is 13.5. The van der Waals surface area contributed by atoms with Gasteiger partial charge in [-0.2, -0.15) is 13.2 Å². The molecule has 1 amide bonds. The van der Waals surface area contributed by atoms with Gasteiger partial charge in [0.1, 0.15) is 5.60 Å². The first kappa shape index (κ1) is 23.0. The highest BCUT2D eigenvalue weighted by molar-refractivity contribution is 5.89. The Balaban J connectivity index is 2.13. The number of methoxy groups -OCH3 is 1. The number of rotatable bonds is 3. The molecule has 0 aromatic heterocycles. The van der Waals surface area contributed by atoms with Crippen LogP contribution in [0.15, 0.2) is 18.2 Å². The Hall–Kier alpha value is -2.29. The quantitative estimate of drug-likeness (QED) is 0.699. The van der Waals surface area contributed by atoms with Crippen molar-refractivity contribution in [2.24, 2.45) is 0 Å². The molecule has 162 valence electrons. The van der Waals surface area contributed by atoms with E-state index in [0.717, 1.165) is 13.2 Å². The topological polar surface area (TPSA) is 59.1 Å². The lowest BCUT2D eigenvalue weighted by Gasteiger charge is -2.40. The van der Waals surface area contributed by atoms with Gasteiger partial charge in [-0.1, -0.05) is 6.07 Å². The van der Waals surface area contributed by atoms with Gasteiger partial charge in [-0.05, 0) is 45.4 Å². The number of hydrogen-bond donors (Lipinski definition) is 0. The van der Waals surface area contributed by atoms with Crippen molar-refractivity contribution in [3.8, 4) is 0 Å². The summed E-state index contributed by atoms with van der Waals surface area (Å²) in [6.07, 6.45) is -5.02. The maximum absolute atomic E-state index is 13.5. The van der Waals surface area contributed by atoms with Crippen molar-refractivity contribution in [3.05, 3.63) is 34.9 Å². The van der Waals surface area contributed by atoms with Gasteiger partial charge >= 0.3 is 18.2 Å². The second-order valence-electron chi connectivity index (χ2n) is 8.12. The van der Waals surface area contributed by atoms with Crippen LogP contribution in [0, 0.1) is 0 Å². The molecule has 2 rings (SSSR count). The highest BCUT2D eigenvalue weighted by atomic mass is 19.4. The predicted molar refractivity (Wildman–Crippen MR) is 100 cm³/mol. The number of esters is 1. The Labute approximate surface area is 168 Å². The number of carbonyl (C=O) groups is 2. The number of benzene rings is 1. The summed E-state index contributed by atoms with van der Waals surface area (Å²) in [4.78, 5) is 27.3. The number of alkyl halides is 3. The number of hydrogen-bond acceptors (Lipinski definition) is 5. The van der Waals surface area contributed by atoms with E-state index in [1.807, 2.05) is 11.8 Å². The largest absolute Gasteiger partial charge is 0.465 e. The molecular weight excluding hydrogens is 389 g/mol. The third kappa shape index (κ3) is 6.09. The second-order valence-corrected chi connectivity index (χ2v) is 8.12. The van der Waals surface area contributed by atoms with Crippen LogP contribution < -0.4 is 0 Å². The first-order valence-corrected chi connectivity index (χ1v) is 9.32. The minimum atomic E-state index is -4.59. The fourth-order valence-corrected chi connectivity index (χ4v) is 3.23. The zero-order valence-corrected chi connectivity index (χ0v) is 17.3. The average molecular weight is 416 g/mol. The maximum Gasteiger partial charge on any atom is 0.416 e. The Morgan fingerprint density at radius 2 is 1.83 bits per heavy atom. The van der Waals surface area contributed by atoms with Crippen molar-refractivity contribution >= 4 is 12.1 Å². The van der Waals surface area contributed by atoms with E-state index in [1.54, 1.807) is 25.7 Å². The van der Waals surface area contributed by atoms with Gasteiger partial charge in [0.15, 0.2) is 0 Å². The molecule has 1 heterocycles. The van der Waals surface area contributed by atoms with E-state index in [4.69, 9.17) is 4.74 Å². The zero-order chi connectivity index (χ0) is 22.0. The normalized spacial score (nSPS) is 18.5. The van der Waals surface area contributed by atoms with E-state index in [1.165, 1.54) is 12.1 Å². The molecule has 1 saturated heterocycles. The average Bonchev–Trinajstić information content (AvgIpc) is 2.59. The fourth-order valence-electron chi connectivity index (χ4n) is 3.23. The molecule has 1 aliphatic rings. The van der Waals surface area contributed by atoms with Crippen LogP contribution in [0.5, 0.6) is 0 Å². The smallest absolute Gasteiger partial charge is 0.416 e. The van der Waals surface area contributed by atoms with Crippen LogP contribution in [0.4, 0.5) is 18.0 Å². The Bertz CT molecular complexity index is 759. The Kier molecular flexibility index (Phi) is 6.82. The highest BCUT2D eigenvalue weighted by Crippen LogP contribution is 2.34. The van der Waals surface area contributed by atoms with Crippen molar-refractivity contribution in [3.63, 3.8) is 0 Å². The summed E-state index contributed by atoms with van der Waals surface area (Å²) in [5, 5.41) is 0. The SMILES string of the molecule is COC(=O)c1ccc(CN2CCN(C(=O)OC(C)(C)C)[C@@H](C)C2)c(C(F)(F)F)c1. The first-order valence-electron chi connectivity index (χ1n) is 9.32. The zero-order valence-electron chi connectivity index (χ0n) is 17.3. The molecule has 0 bridgehead atoms. The van der Waals surface area contributed by atoms with E-state index >= 15 is 0 Å². The minimum absolute atomic E-state index is 0.0583. The van der Waals surface area contributed by atoms with E-state index in [9.17, 15) is 22.8 Å². The lowest BCUT2D eigenvalue weighted by atomic mass is 10.0. The molecular formula is C20H27F3N2O4. The van der Waals surface area contributed by atoms with E-state index in [0.29, 0.717) is 19.6 Å². The fraction of sp³-hybridized carbons (Fsp3) is 0.600. The van der Waals surface area contributed by atoms with E-state index < -0.39 is 29.4 Å². The van der Waals surface area contributed by atoms with Crippen LogP contribution in [0.3, 0.4) is 0 Å². The van der Waals surface area contributed by atoms with Crippen LogP contribution in [-0.4, -0.2) is 60.2 Å². The van der Waals surface area contributed by atoms with Crippen molar-refractivity contribution < 1.29 is 32.2 Å². The number of ether oxygens (including phenoxy) is 2. The first-order chi connectivity index (χ1) is 13.3. The molecule has 0 radical (unpaired) electrons. The molecule has 1 atom stereocenters. The molecule has 6 nitrogen and oxygen atoms in total. The van der Waals surface area contributed by atoms with Gasteiger partial charge in [0, 0.05) is 32.2 Å². The summed E-state index contributed by atoms with van der Waals surface area (Å²) in [5.41, 5.74) is -1.55. The van der Waals surface area contributed by atoms with Gasteiger partial charge < -0.3 is 14.4 Å². The number of nitrogens with zero attached hydrogens (tertiary/aromatic N) is 2. The predicted octanol–water partition coefficient (Wildman–Crippen LogP) is 3.93. The second kappa shape index (κ2) is 8.61. The van der Waals surface area contributed by atoms with E-state index in [-0.39, 0.29) is 23.7 Å². The van der Waals surface area contributed by atoms with Crippen LogP contribution in [0.25, 0.3) is 0 Å². The standard InChI is InChI=1S/C20H27F3N2O4/c1-13-11-24(8-9-25(13)18(27)29-19(2,3)4)12-15-7-6-14(17(26)28-5)10-16(15)20(21,22)23/h6-7,10,13H,8-9,11-12H2,1-5H3/t13-/m0/s1. The number of carbonyl (C=O) groups excluding carboxylic acids is 2. The molecule has 0 spiro atoms. The van der Waals surface area contributed by atoms with Crippen LogP contribution >= 0.6 is 0 Å². The number of piperazine rings is 1. The molecule has 1 fully saturated rings. The summed E-state index contributed by atoms with van der Waals surface area (Å²) in [5.74, 6) is -0.818. The Morgan fingerprint density at radius 3 is 2.34 bits per heavy atom. The number of amides is 1. The molecule has 1 aromatic carbocycles. The molecule has 0 unspecified atom stereocenters. The van der Waals surface area contributed by atoms with Gasteiger partial charge in [-0.3, -0.25) is 4.90 Å². The van der Waals surface area contributed by atoms with Crippen LogP contribution in [0.2, 0.25) is 0 Å². The van der Waals surface area contributed by atoms with Crippen LogP contribution in [0.1, 0.15) is 49.2 Å². The van der Waals surface area contributed by atoms with Gasteiger partial charge in [-0.15, -0.1) is 0 Å². The Morgan fingerprint density at radius 1 is 1.17 bits per heavy atom. The van der Waals surface area contributed by atoms with E-state index in [2.05, 4.69) is 4.74 Å². The molecule has 1 aliphatic heterocycles. The van der Waals surface area contributed by atoms with Crippen molar-refractivity contribution in [2.75, 3.05) is 26.7 Å². The molecule has 0 saturated carbocycles. The number of halogens is 3. The lowest BCUT2D eigenvalue weighted by molar-refractivity contribution is -0.138. The summed E-state index contributed by atoms with van der Waals surface area (Å²) in [7, 11) is 1.12. The summed E-state index contributed by atoms with van der Waals surface area (Å²) in [6.45, 7) is 8.42. The molecule has 1 aromatic rings. The van der Waals surface area contributed by atoms with Gasteiger partial charge in [0.25, 0.3) is 0 Å². The molecule has 0 aliphatic carbocycles. The van der Waals surface area contributed by atoms with Gasteiger partial charge in [0.2, 0.25) is 0 Å².